The lowest BCUT2D eigenvalue weighted by Gasteiger charge is -2.22. The van der Waals surface area contributed by atoms with Crippen molar-refractivity contribution >= 4 is 12.4 Å². The first kappa shape index (κ1) is 14.0. The molecule has 1 amide bonds. The van der Waals surface area contributed by atoms with E-state index in [2.05, 4.69) is 5.32 Å². The van der Waals surface area contributed by atoms with Gasteiger partial charge in [0.25, 0.3) is 0 Å². The average Bonchev–Trinajstić information content (AvgIpc) is 2.69. The van der Waals surface area contributed by atoms with Gasteiger partial charge >= 0.3 is 6.09 Å². The van der Waals surface area contributed by atoms with Crippen LogP contribution in [0, 0.1) is 11.8 Å². The molecule has 0 radical (unpaired) electrons. The smallest absolute Gasteiger partial charge is 0.407 e. The first-order chi connectivity index (χ1) is 7.92. The Labute approximate surface area is 103 Å². The molecule has 0 bridgehead atoms. The van der Waals surface area contributed by atoms with E-state index in [1.54, 1.807) is 0 Å². The number of carbonyl (C=O) groups is 2. The molecule has 4 heteroatoms. The van der Waals surface area contributed by atoms with E-state index in [1.165, 1.54) is 12.8 Å². The van der Waals surface area contributed by atoms with E-state index in [-0.39, 0.29) is 5.92 Å². The molecule has 1 atom stereocenters. The number of carbonyl (C=O) groups excluding carboxylic acids is 2. The zero-order chi connectivity index (χ0) is 12.9. The van der Waals surface area contributed by atoms with E-state index in [0.717, 1.165) is 19.1 Å². The van der Waals surface area contributed by atoms with Crippen molar-refractivity contribution in [3.05, 3.63) is 0 Å². The first-order valence-corrected chi connectivity index (χ1v) is 6.34. The Morgan fingerprint density at radius 3 is 2.47 bits per heavy atom. The molecule has 0 aliphatic heterocycles. The van der Waals surface area contributed by atoms with Gasteiger partial charge < -0.3 is 14.8 Å². The van der Waals surface area contributed by atoms with Crippen LogP contribution in [0.15, 0.2) is 0 Å². The van der Waals surface area contributed by atoms with E-state index in [4.69, 9.17) is 4.74 Å². The van der Waals surface area contributed by atoms with E-state index in [0.29, 0.717) is 12.5 Å². The molecule has 1 saturated carbocycles. The van der Waals surface area contributed by atoms with Crippen LogP contribution in [0.1, 0.15) is 46.5 Å². The zero-order valence-electron chi connectivity index (χ0n) is 11.0. The lowest BCUT2D eigenvalue weighted by Crippen LogP contribution is -2.37. The number of hydrogen-bond acceptors (Lipinski definition) is 3. The number of ether oxygens (including phenoxy) is 1. The van der Waals surface area contributed by atoms with Gasteiger partial charge in [0.05, 0.1) is 0 Å². The molecular formula is C13H23NO3. The van der Waals surface area contributed by atoms with Crippen molar-refractivity contribution in [1.82, 2.24) is 5.32 Å². The van der Waals surface area contributed by atoms with Gasteiger partial charge in [0.2, 0.25) is 0 Å². The summed E-state index contributed by atoms with van der Waals surface area (Å²) in [7, 11) is 0. The molecule has 0 spiro atoms. The van der Waals surface area contributed by atoms with Crippen LogP contribution in [0.2, 0.25) is 0 Å². The highest BCUT2D eigenvalue weighted by Gasteiger charge is 2.25. The van der Waals surface area contributed by atoms with Gasteiger partial charge in [-0.15, -0.1) is 0 Å². The SMILES string of the molecule is CC(C)(C)OC(=O)NCC(C=O)C1CCCC1. The summed E-state index contributed by atoms with van der Waals surface area (Å²) in [4.78, 5) is 22.4. The van der Waals surface area contributed by atoms with Crippen LogP contribution in [-0.2, 0) is 9.53 Å². The Kier molecular flexibility index (Phi) is 4.97. The molecule has 0 saturated heterocycles. The van der Waals surface area contributed by atoms with Crippen LogP contribution in [0.5, 0.6) is 0 Å². The molecule has 1 rings (SSSR count). The molecule has 17 heavy (non-hydrogen) atoms. The van der Waals surface area contributed by atoms with Crippen LogP contribution >= 0.6 is 0 Å². The Balaban J connectivity index is 2.32. The molecule has 98 valence electrons. The predicted molar refractivity (Wildman–Crippen MR) is 65.7 cm³/mol. The molecule has 4 nitrogen and oxygen atoms in total. The second kappa shape index (κ2) is 6.03. The van der Waals surface area contributed by atoms with E-state index >= 15 is 0 Å². The van der Waals surface area contributed by atoms with E-state index < -0.39 is 11.7 Å². The summed E-state index contributed by atoms with van der Waals surface area (Å²) in [6.07, 6.45) is 5.11. The molecular weight excluding hydrogens is 218 g/mol. The summed E-state index contributed by atoms with van der Waals surface area (Å²) < 4.78 is 5.13. The largest absolute Gasteiger partial charge is 0.444 e. The highest BCUT2D eigenvalue weighted by atomic mass is 16.6. The number of alkyl carbamates (subject to hydrolysis) is 1. The van der Waals surface area contributed by atoms with Crippen molar-refractivity contribution in [2.45, 2.75) is 52.1 Å². The molecule has 1 N–H and O–H groups in total. The lowest BCUT2D eigenvalue weighted by molar-refractivity contribution is -0.112. The Morgan fingerprint density at radius 2 is 2.00 bits per heavy atom. The first-order valence-electron chi connectivity index (χ1n) is 6.34. The fraction of sp³-hybridized carbons (Fsp3) is 0.846. The van der Waals surface area contributed by atoms with Gasteiger partial charge in [-0.3, -0.25) is 0 Å². The molecule has 0 aromatic carbocycles. The fourth-order valence-corrected chi connectivity index (χ4v) is 2.23. The zero-order valence-corrected chi connectivity index (χ0v) is 11.0. The van der Waals surface area contributed by atoms with E-state index in [1.807, 2.05) is 20.8 Å². The molecule has 1 fully saturated rings. The Morgan fingerprint density at radius 1 is 1.41 bits per heavy atom. The minimum absolute atomic E-state index is 0.0648. The van der Waals surface area contributed by atoms with Crippen molar-refractivity contribution in [3.8, 4) is 0 Å². The summed E-state index contributed by atoms with van der Waals surface area (Å²) >= 11 is 0. The van der Waals surface area contributed by atoms with Gasteiger partial charge in [0.1, 0.15) is 11.9 Å². The number of rotatable bonds is 4. The van der Waals surface area contributed by atoms with Gasteiger partial charge in [-0.05, 0) is 39.5 Å². The van der Waals surface area contributed by atoms with Gasteiger partial charge in [-0.1, -0.05) is 12.8 Å². The molecule has 0 aromatic heterocycles. The molecule has 1 aliphatic carbocycles. The number of nitrogens with one attached hydrogen (secondary N) is 1. The lowest BCUT2D eigenvalue weighted by atomic mass is 9.92. The van der Waals surface area contributed by atoms with Crippen LogP contribution in [-0.4, -0.2) is 24.5 Å². The third-order valence-corrected chi connectivity index (χ3v) is 3.06. The quantitative estimate of drug-likeness (QED) is 0.769. The van der Waals surface area contributed by atoms with Crippen molar-refractivity contribution in [2.24, 2.45) is 11.8 Å². The van der Waals surface area contributed by atoms with Crippen molar-refractivity contribution in [1.29, 1.82) is 0 Å². The highest BCUT2D eigenvalue weighted by molar-refractivity contribution is 5.68. The van der Waals surface area contributed by atoms with E-state index in [9.17, 15) is 9.59 Å². The summed E-state index contributed by atoms with van der Waals surface area (Å²) in [6, 6.07) is 0. The normalized spacial score (nSPS) is 18.8. The Bertz CT molecular complexity index is 264. The monoisotopic (exact) mass is 241 g/mol. The van der Waals surface area contributed by atoms with Crippen LogP contribution in [0.25, 0.3) is 0 Å². The number of amides is 1. The van der Waals surface area contributed by atoms with Crippen molar-refractivity contribution < 1.29 is 14.3 Å². The maximum Gasteiger partial charge on any atom is 0.407 e. The number of aldehydes is 1. The Hall–Kier alpha value is -1.06. The minimum Gasteiger partial charge on any atom is -0.444 e. The maximum atomic E-state index is 11.4. The second-order valence-corrected chi connectivity index (χ2v) is 5.73. The van der Waals surface area contributed by atoms with Gasteiger partial charge in [0, 0.05) is 12.5 Å². The topological polar surface area (TPSA) is 55.4 Å². The summed E-state index contributed by atoms with van der Waals surface area (Å²) in [6.45, 7) is 5.85. The third kappa shape index (κ3) is 5.20. The average molecular weight is 241 g/mol. The maximum absolute atomic E-state index is 11.4. The highest BCUT2D eigenvalue weighted by Crippen LogP contribution is 2.30. The summed E-state index contributed by atoms with van der Waals surface area (Å²) in [5.74, 6) is 0.368. The van der Waals surface area contributed by atoms with Crippen molar-refractivity contribution in [3.63, 3.8) is 0 Å². The van der Waals surface area contributed by atoms with Gasteiger partial charge in [-0.2, -0.15) is 0 Å². The predicted octanol–water partition coefficient (Wildman–Crippen LogP) is 2.52. The van der Waals surface area contributed by atoms with Gasteiger partial charge in [0.15, 0.2) is 0 Å². The van der Waals surface area contributed by atoms with Crippen LogP contribution in [0.4, 0.5) is 4.79 Å². The molecule has 1 aliphatic rings. The standard InChI is InChI=1S/C13H23NO3/c1-13(2,3)17-12(16)14-8-11(9-15)10-6-4-5-7-10/h9-11H,4-8H2,1-3H3,(H,14,16). The molecule has 0 heterocycles. The summed E-state index contributed by atoms with van der Waals surface area (Å²) in [5, 5.41) is 2.67. The van der Waals surface area contributed by atoms with Crippen LogP contribution in [0.3, 0.4) is 0 Å². The molecule has 0 aromatic rings. The summed E-state index contributed by atoms with van der Waals surface area (Å²) in [5.41, 5.74) is -0.492. The third-order valence-electron chi connectivity index (χ3n) is 3.06. The fourth-order valence-electron chi connectivity index (χ4n) is 2.23. The molecule has 1 unspecified atom stereocenters. The number of hydrogen-bond donors (Lipinski definition) is 1. The minimum atomic E-state index is -0.492. The van der Waals surface area contributed by atoms with Crippen molar-refractivity contribution in [2.75, 3.05) is 6.54 Å². The second-order valence-electron chi connectivity index (χ2n) is 5.73. The van der Waals surface area contributed by atoms with Crippen LogP contribution < -0.4 is 5.32 Å². The van der Waals surface area contributed by atoms with Gasteiger partial charge in [-0.25, -0.2) is 4.79 Å².